The lowest BCUT2D eigenvalue weighted by molar-refractivity contribution is -0.139. The lowest BCUT2D eigenvalue weighted by atomic mass is 9.93. The molecule has 0 fully saturated rings. The summed E-state index contributed by atoms with van der Waals surface area (Å²) in [6, 6.07) is 18.9. The Morgan fingerprint density at radius 1 is 1.07 bits per heavy atom. The van der Waals surface area contributed by atoms with Crippen LogP contribution < -0.4 is 24.5 Å². The zero-order valence-corrected chi connectivity index (χ0v) is 26.6. The molecule has 0 saturated heterocycles. The van der Waals surface area contributed by atoms with Crippen LogP contribution in [0, 0.1) is 0 Å². The number of carbonyl (C=O) groups is 1. The number of halogens is 1. The highest BCUT2D eigenvalue weighted by molar-refractivity contribution is 7.99. The van der Waals surface area contributed by atoms with Gasteiger partial charge in [0.05, 0.1) is 40.9 Å². The van der Waals surface area contributed by atoms with E-state index in [0.717, 1.165) is 28.3 Å². The Bertz CT molecular complexity index is 1960. The Kier molecular flexibility index (Phi) is 8.22. The van der Waals surface area contributed by atoms with E-state index in [9.17, 15) is 9.59 Å². The summed E-state index contributed by atoms with van der Waals surface area (Å²) in [6.45, 7) is 3.98. The highest BCUT2D eigenvalue weighted by Gasteiger charge is 2.36. The minimum Gasteiger partial charge on any atom is -0.496 e. The molecule has 6 rings (SSSR count). The lowest BCUT2D eigenvalue weighted by Gasteiger charge is -2.29. The molecule has 43 heavy (non-hydrogen) atoms. The van der Waals surface area contributed by atoms with Gasteiger partial charge in [-0.25, -0.2) is 9.79 Å². The fraction of sp³-hybridized carbons (Fsp3) is 0.242. The van der Waals surface area contributed by atoms with Crippen molar-refractivity contribution in [2.45, 2.75) is 42.5 Å². The van der Waals surface area contributed by atoms with Crippen molar-refractivity contribution in [1.82, 2.24) is 4.57 Å². The summed E-state index contributed by atoms with van der Waals surface area (Å²) in [7, 11) is 3.62. The van der Waals surface area contributed by atoms with Gasteiger partial charge in [0.15, 0.2) is 4.80 Å². The topological polar surface area (TPSA) is 73.1 Å². The Morgan fingerprint density at radius 2 is 1.86 bits per heavy atom. The summed E-state index contributed by atoms with van der Waals surface area (Å²) in [4.78, 5) is 37.5. The SMILES string of the molecule is CCCC1=C(C(=O)OCC)[C@@H](c2cc(Cl)ccc2OC)n2c(s/c(=C\c3ccc4c(c3)Sc3ccccc3N4C)c2=O)=N1. The number of rotatable bonds is 7. The summed E-state index contributed by atoms with van der Waals surface area (Å²) in [5.41, 5.74) is 4.46. The number of allylic oxidation sites excluding steroid dienone is 1. The number of methoxy groups -OCH3 is 1. The van der Waals surface area contributed by atoms with Crippen molar-refractivity contribution >= 4 is 58.1 Å². The zero-order valence-electron chi connectivity index (χ0n) is 24.2. The molecular formula is C33H30ClN3O4S2. The number of aromatic nitrogens is 1. The maximum Gasteiger partial charge on any atom is 0.338 e. The smallest absolute Gasteiger partial charge is 0.338 e. The van der Waals surface area contributed by atoms with Gasteiger partial charge in [0, 0.05) is 27.4 Å². The van der Waals surface area contributed by atoms with E-state index < -0.39 is 12.0 Å². The van der Waals surface area contributed by atoms with Crippen molar-refractivity contribution in [3.05, 3.63) is 108 Å². The maximum atomic E-state index is 14.2. The van der Waals surface area contributed by atoms with E-state index in [2.05, 4.69) is 36.2 Å². The molecule has 0 aliphatic carbocycles. The average Bonchev–Trinajstić information content (AvgIpc) is 3.30. The van der Waals surface area contributed by atoms with Crippen molar-refractivity contribution < 1.29 is 14.3 Å². The van der Waals surface area contributed by atoms with Gasteiger partial charge in [-0.05, 0) is 67.4 Å². The highest BCUT2D eigenvalue weighted by atomic mass is 35.5. The normalized spacial score (nSPS) is 15.9. The standard InChI is InChI=1S/C33H30ClN3O4S2/c1-5-9-22-29(32(39)41-6-2)30(21-18-20(34)13-15-25(21)40-4)37-31(38)28(43-33(37)35-22)17-19-12-14-24-27(16-19)42-26-11-8-7-10-23(26)36(24)3/h7-8,10-18,30H,5-6,9H2,1-4H3/b28-17-/t30-/m1/s1. The van der Waals surface area contributed by atoms with E-state index in [-0.39, 0.29) is 12.2 Å². The van der Waals surface area contributed by atoms with Crippen LogP contribution in [0.4, 0.5) is 11.4 Å². The van der Waals surface area contributed by atoms with Crippen molar-refractivity contribution in [2.24, 2.45) is 4.99 Å². The largest absolute Gasteiger partial charge is 0.496 e. The number of hydrogen-bond acceptors (Lipinski definition) is 8. The predicted octanol–water partition coefficient (Wildman–Crippen LogP) is 6.47. The Morgan fingerprint density at radius 3 is 2.63 bits per heavy atom. The molecular weight excluding hydrogens is 602 g/mol. The van der Waals surface area contributed by atoms with Crippen LogP contribution in [0.25, 0.3) is 6.08 Å². The minimum atomic E-state index is -0.808. The third kappa shape index (κ3) is 5.30. The van der Waals surface area contributed by atoms with E-state index >= 15 is 0 Å². The van der Waals surface area contributed by atoms with Gasteiger partial charge in [-0.3, -0.25) is 9.36 Å². The molecule has 0 spiro atoms. The number of fused-ring (bicyclic) bond motifs is 3. The third-order valence-corrected chi connectivity index (χ3v) is 9.80. The fourth-order valence-corrected chi connectivity index (χ4v) is 7.93. The number of ether oxygens (including phenoxy) is 2. The van der Waals surface area contributed by atoms with Crippen LogP contribution in [0.5, 0.6) is 5.75 Å². The first kappa shape index (κ1) is 29.3. The number of nitrogens with zero attached hydrogens (tertiary/aromatic N) is 3. The van der Waals surface area contributed by atoms with E-state index in [1.165, 1.54) is 16.2 Å². The van der Waals surface area contributed by atoms with Gasteiger partial charge in [0.1, 0.15) is 11.8 Å². The Labute approximate surface area is 262 Å². The molecule has 10 heteroatoms. The quantitative estimate of drug-likeness (QED) is 0.218. The second-order valence-corrected chi connectivity index (χ2v) is 12.7. The summed E-state index contributed by atoms with van der Waals surface area (Å²) >= 11 is 9.47. The summed E-state index contributed by atoms with van der Waals surface area (Å²) in [5, 5.41) is 0.466. The van der Waals surface area contributed by atoms with Gasteiger partial charge in [0.25, 0.3) is 5.56 Å². The number of hydrogen-bond donors (Lipinski definition) is 0. The van der Waals surface area contributed by atoms with Gasteiger partial charge in [0.2, 0.25) is 0 Å². The van der Waals surface area contributed by atoms with Gasteiger partial charge in [-0.2, -0.15) is 0 Å². The maximum absolute atomic E-state index is 14.2. The van der Waals surface area contributed by atoms with E-state index in [1.807, 2.05) is 31.2 Å². The molecule has 3 heterocycles. The van der Waals surface area contributed by atoms with E-state index in [4.69, 9.17) is 26.1 Å². The molecule has 1 atom stereocenters. The average molecular weight is 632 g/mol. The van der Waals surface area contributed by atoms with Gasteiger partial charge < -0.3 is 14.4 Å². The van der Waals surface area contributed by atoms with Crippen LogP contribution in [-0.4, -0.2) is 31.3 Å². The second kappa shape index (κ2) is 12.1. The number of carbonyl (C=O) groups excluding carboxylic acids is 1. The molecule has 4 aromatic rings. The minimum absolute atomic E-state index is 0.196. The van der Waals surface area contributed by atoms with E-state index in [1.54, 1.807) is 48.6 Å². The van der Waals surface area contributed by atoms with Crippen molar-refractivity contribution in [3.63, 3.8) is 0 Å². The van der Waals surface area contributed by atoms with Crippen LogP contribution >= 0.6 is 34.7 Å². The molecule has 0 amide bonds. The number of thiazole rings is 1. The van der Waals surface area contributed by atoms with Crippen molar-refractivity contribution in [1.29, 1.82) is 0 Å². The van der Waals surface area contributed by atoms with Crippen molar-refractivity contribution in [3.8, 4) is 5.75 Å². The summed E-state index contributed by atoms with van der Waals surface area (Å²) in [5.74, 6) is 0.00626. The summed E-state index contributed by atoms with van der Waals surface area (Å²) < 4.78 is 13.3. The predicted molar refractivity (Wildman–Crippen MR) is 173 cm³/mol. The van der Waals surface area contributed by atoms with Gasteiger partial charge in [-0.15, -0.1) is 0 Å². The summed E-state index contributed by atoms with van der Waals surface area (Å²) in [6.07, 6.45) is 3.21. The zero-order chi connectivity index (χ0) is 30.2. The first-order valence-corrected chi connectivity index (χ1v) is 16.1. The molecule has 220 valence electrons. The molecule has 0 N–H and O–H groups in total. The molecule has 0 bridgehead atoms. The molecule has 0 radical (unpaired) electrons. The van der Waals surface area contributed by atoms with Gasteiger partial charge >= 0.3 is 5.97 Å². The molecule has 2 aliphatic heterocycles. The molecule has 2 aliphatic rings. The van der Waals surface area contributed by atoms with Crippen LogP contribution in [0.2, 0.25) is 5.02 Å². The Hall–Kier alpha value is -3.79. The third-order valence-electron chi connectivity index (χ3n) is 7.47. The van der Waals surface area contributed by atoms with Crippen molar-refractivity contribution in [2.75, 3.05) is 25.7 Å². The molecule has 0 saturated carbocycles. The van der Waals surface area contributed by atoms with E-state index in [0.29, 0.717) is 43.4 Å². The van der Waals surface area contributed by atoms with Crippen LogP contribution in [0.1, 0.15) is 43.9 Å². The lowest BCUT2D eigenvalue weighted by Crippen LogP contribution is -2.40. The van der Waals surface area contributed by atoms with Gasteiger partial charge in [-0.1, -0.05) is 66.2 Å². The number of benzene rings is 3. The highest BCUT2D eigenvalue weighted by Crippen LogP contribution is 2.47. The number of esters is 1. The molecule has 7 nitrogen and oxygen atoms in total. The molecule has 0 unspecified atom stereocenters. The Balaban J connectivity index is 1.53. The first-order chi connectivity index (χ1) is 20.8. The fourth-order valence-electron chi connectivity index (χ4n) is 5.53. The van der Waals surface area contributed by atoms with Crippen LogP contribution in [-0.2, 0) is 9.53 Å². The number of para-hydroxylation sites is 1. The molecule has 1 aromatic heterocycles. The second-order valence-electron chi connectivity index (χ2n) is 10.2. The van der Waals surface area contributed by atoms with Crippen LogP contribution in [0.15, 0.2) is 91.5 Å². The monoisotopic (exact) mass is 631 g/mol. The first-order valence-electron chi connectivity index (χ1n) is 14.0. The van der Waals surface area contributed by atoms with Crippen LogP contribution in [0.3, 0.4) is 0 Å². The molecule has 3 aromatic carbocycles. The number of anilines is 2.